The molecular formula is C4H6O2. The fraction of sp³-hybridized carbons (Fsp3) is 0.500. The quantitative estimate of drug-likeness (QED) is 0.455. The second-order valence-electron chi connectivity index (χ2n) is 1.22. The van der Waals surface area contributed by atoms with Gasteiger partial charge in [-0.25, -0.2) is 9.90 Å². The van der Waals surface area contributed by atoms with Gasteiger partial charge in [0.05, 0.1) is 5.92 Å². The largest absolute Gasteiger partial charge is 0.358 e. The summed E-state index contributed by atoms with van der Waals surface area (Å²) >= 11 is 0. The first-order chi connectivity index (χ1) is 2.64. The van der Waals surface area contributed by atoms with E-state index in [9.17, 15) is 9.90 Å². The third-order valence-electron chi connectivity index (χ3n) is 0.402. The molecule has 0 rings (SSSR count). The highest BCUT2D eigenvalue weighted by atomic mass is 16.4. The second-order valence-corrected chi connectivity index (χ2v) is 1.22. The minimum absolute atomic E-state index is 0.593. The molecule has 0 aromatic heterocycles. The van der Waals surface area contributed by atoms with Gasteiger partial charge in [-0.15, -0.1) is 0 Å². The SMILES string of the molecule is [CH2]C(C)C([O])=O. The molecule has 0 N–H and O–H groups in total. The Morgan fingerprint density at radius 1 is 1.83 bits per heavy atom. The first kappa shape index (κ1) is 5.47. The number of rotatable bonds is 1. The van der Waals surface area contributed by atoms with Crippen LogP contribution in [0.1, 0.15) is 6.92 Å². The average molecular weight is 86.1 g/mol. The zero-order valence-corrected chi connectivity index (χ0v) is 3.60. The van der Waals surface area contributed by atoms with Crippen LogP contribution in [0.3, 0.4) is 0 Å². The maximum absolute atomic E-state index is 9.53. The molecule has 0 saturated heterocycles. The first-order valence-corrected chi connectivity index (χ1v) is 1.68. The number of carbonyl (C=O) groups excluding carboxylic acids is 1. The Labute approximate surface area is 36.8 Å². The molecule has 1 unspecified atom stereocenters. The van der Waals surface area contributed by atoms with Crippen molar-refractivity contribution >= 4 is 5.97 Å². The third-order valence-corrected chi connectivity index (χ3v) is 0.402. The van der Waals surface area contributed by atoms with Crippen molar-refractivity contribution in [3.63, 3.8) is 0 Å². The molecule has 0 aliphatic carbocycles. The van der Waals surface area contributed by atoms with Crippen LogP contribution in [0.4, 0.5) is 0 Å². The normalized spacial score (nSPS) is 9.17. The zero-order chi connectivity index (χ0) is 5.15. The Hall–Kier alpha value is -0.530. The molecule has 0 heterocycles. The van der Waals surface area contributed by atoms with E-state index in [1.165, 1.54) is 6.92 Å². The summed E-state index contributed by atoms with van der Waals surface area (Å²) in [6, 6.07) is 0. The Morgan fingerprint density at radius 2 is 2.00 bits per heavy atom. The predicted molar refractivity (Wildman–Crippen MR) is 20.2 cm³/mol. The summed E-state index contributed by atoms with van der Waals surface area (Å²) in [5.74, 6) is -1.69. The minimum Gasteiger partial charge on any atom is -0.247 e. The monoisotopic (exact) mass is 86.0 g/mol. The Bertz CT molecular complexity index is 56.6. The molecule has 2 nitrogen and oxygen atoms in total. The summed E-state index contributed by atoms with van der Waals surface area (Å²) < 4.78 is 0. The standard InChI is InChI=1S/C4H6O2/c1-3(2)4(5)6/h3H,1H2,2H3. The minimum atomic E-state index is -1.10. The second kappa shape index (κ2) is 1.80. The maximum Gasteiger partial charge on any atom is 0.358 e. The van der Waals surface area contributed by atoms with E-state index in [-0.39, 0.29) is 0 Å². The third kappa shape index (κ3) is 1.76. The molecule has 34 valence electrons. The average Bonchev–Trinajstić information content (AvgIpc) is 1.36. The summed E-state index contributed by atoms with van der Waals surface area (Å²) in [6.07, 6.45) is 0. The van der Waals surface area contributed by atoms with Crippen LogP contribution in [0, 0.1) is 12.8 Å². The van der Waals surface area contributed by atoms with Crippen LogP contribution in [0.2, 0.25) is 0 Å². The maximum atomic E-state index is 9.53. The number of carbonyl (C=O) groups is 1. The van der Waals surface area contributed by atoms with Crippen LogP contribution in [0.15, 0.2) is 0 Å². The van der Waals surface area contributed by atoms with E-state index in [4.69, 9.17) is 0 Å². The van der Waals surface area contributed by atoms with Gasteiger partial charge in [0.2, 0.25) is 0 Å². The lowest BCUT2D eigenvalue weighted by atomic mass is 10.2. The van der Waals surface area contributed by atoms with Gasteiger partial charge in [-0.2, -0.15) is 0 Å². The Kier molecular flexibility index (Phi) is 1.64. The highest BCUT2D eigenvalue weighted by Gasteiger charge is 2.02. The molecule has 0 aliphatic heterocycles. The van der Waals surface area contributed by atoms with Crippen LogP contribution in [-0.4, -0.2) is 5.97 Å². The van der Waals surface area contributed by atoms with Gasteiger partial charge in [-0.1, -0.05) is 6.92 Å². The molecular weight excluding hydrogens is 80.0 g/mol. The summed E-state index contributed by atoms with van der Waals surface area (Å²) in [5.41, 5.74) is 0. The molecule has 0 aromatic carbocycles. The van der Waals surface area contributed by atoms with E-state index in [0.29, 0.717) is 0 Å². The molecule has 0 aliphatic rings. The molecule has 0 amide bonds. The fourth-order valence-electron chi connectivity index (χ4n) is 0. The van der Waals surface area contributed by atoms with E-state index in [0.717, 1.165) is 0 Å². The van der Waals surface area contributed by atoms with E-state index < -0.39 is 11.9 Å². The van der Waals surface area contributed by atoms with Crippen LogP contribution < -0.4 is 0 Å². The predicted octanol–water partition coefficient (Wildman–Crippen LogP) is 0.414. The summed E-state index contributed by atoms with van der Waals surface area (Å²) in [4.78, 5) is 9.53. The topological polar surface area (TPSA) is 37.0 Å². The van der Waals surface area contributed by atoms with Crippen LogP contribution >= 0.6 is 0 Å². The Morgan fingerprint density at radius 3 is 2.00 bits per heavy atom. The van der Waals surface area contributed by atoms with Crippen molar-refractivity contribution in [3.8, 4) is 0 Å². The molecule has 2 heteroatoms. The summed E-state index contributed by atoms with van der Waals surface area (Å²) in [7, 11) is 0. The van der Waals surface area contributed by atoms with Crippen molar-refractivity contribution in [3.05, 3.63) is 6.92 Å². The van der Waals surface area contributed by atoms with Crippen LogP contribution in [0.5, 0.6) is 0 Å². The first-order valence-electron chi connectivity index (χ1n) is 1.68. The summed E-state index contributed by atoms with van der Waals surface area (Å²) in [5, 5.41) is 9.53. The van der Waals surface area contributed by atoms with Gasteiger partial charge in [0.25, 0.3) is 0 Å². The van der Waals surface area contributed by atoms with Gasteiger partial charge in [0.1, 0.15) is 0 Å². The fourth-order valence-corrected chi connectivity index (χ4v) is 0. The van der Waals surface area contributed by atoms with Gasteiger partial charge in [-0.05, 0) is 6.92 Å². The van der Waals surface area contributed by atoms with Gasteiger partial charge < -0.3 is 0 Å². The van der Waals surface area contributed by atoms with Gasteiger partial charge >= 0.3 is 5.97 Å². The molecule has 2 radical (unpaired) electrons. The highest BCUT2D eigenvalue weighted by molar-refractivity contribution is 5.69. The van der Waals surface area contributed by atoms with Crippen molar-refractivity contribution in [2.24, 2.45) is 5.92 Å². The molecule has 0 bridgehead atoms. The number of hydrogen-bond acceptors (Lipinski definition) is 1. The van der Waals surface area contributed by atoms with Gasteiger partial charge in [0.15, 0.2) is 0 Å². The van der Waals surface area contributed by atoms with Crippen molar-refractivity contribution < 1.29 is 9.90 Å². The zero-order valence-electron chi connectivity index (χ0n) is 3.60. The molecule has 0 spiro atoms. The molecule has 0 fully saturated rings. The van der Waals surface area contributed by atoms with Crippen molar-refractivity contribution in [1.29, 1.82) is 0 Å². The van der Waals surface area contributed by atoms with Crippen molar-refractivity contribution in [1.82, 2.24) is 0 Å². The van der Waals surface area contributed by atoms with Crippen LogP contribution in [0.25, 0.3) is 0 Å². The molecule has 1 atom stereocenters. The van der Waals surface area contributed by atoms with Crippen molar-refractivity contribution in [2.75, 3.05) is 0 Å². The van der Waals surface area contributed by atoms with Crippen molar-refractivity contribution in [2.45, 2.75) is 6.92 Å². The van der Waals surface area contributed by atoms with E-state index >= 15 is 0 Å². The number of hydrogen-bond donors (Lipinski definition) is 0. The molecule has 0 aromatic rings. The lowest BCUT2D eigenvalue weighted by Gasteiger charge is -1.84. The lowest BCUT2D eigenvalue weighted by molar-refractivity contribution is -0.145. The summed E-state index contributed by atoms with van der Waals surface area (Å²) in [6.45, 7) is 4.64. The van der Waals surface area contributed by atoms with E-state index in [1.54, 1.807) is 0 Å². The van der Waals surface area contributed by atoms with E-state index in [2.05, 4.69) is 6.92 Å². The van der Waals surface area contributed by atoms with E-state index in [1.807, 2.05) is 0 Å². The van der Waals surface area contributed by atoms with Gasteiger partial charge in [-0.3, -0.25) is 0 Å². The van der Waals surface area contributed by atoms with Gasteiger partial charge in [0, 0.05) is 0 Å². The smallest absolute Gasteiger partial charge is 0.247 e. The van der Waals surface area contributed by atoms with Crippen LogP contribution in [-0.2, 0) is 9.90 Å². The molecule has 0 saturated carbocycles. The lowest BCUT2D eigenvalue weighted by Crippen LogP contribution is -2.01. The molecule has 6 heavy (non-hydrogen) atoms. The highest BCUT2D eigenvalue weighted by Crippen LogP contribution is 1.87. The Balaban J connectivity index is 3.26.